The monoisotopic (exact) mass is 402 g/mol. The third kappa shape index (κ3) is 12.3. The summed E-state index contributed by atoms with van der Waals surface area (Å²) in [5.74, 6) is 0. The van der Waals surface area contributed by atoms with E-state index in [1.54, 1.807) is 0 Å². The van der Waals surface area contributed by atoms with Gasteiger partial charge in [0.25, 0.3) is 0 Å². The Labute approximate surface area is 150 Å². The highest BCUT2D eigenvalue weighted by Crippen LogP contribution is 2.57. The standard InChI is InChI=1S/C15H32O8P2/c1-2-15(14-21-15)12-10-8-6-4-3-5-7-9-11-13-22-25(19,20)23-24(16,17)18/h2-14H2,1H3,(H,19,20)(H2,16,17,18). The van der Waals surface area contributed by atoms with Gasteiger partial charge in [-0.05, 0) is 19.3 Å². The maximum atomic E-state index is 11.2. The van der Waals surface area contributed by atoms with E-state index in [1.807, 2.05) is 0 Å². The number of rotatable bonds is 16. The topological polar surface area (TPSA) is 126 Å². The van der Waals surface area contributed by atoms with Crippen LogP contribution in [0, 0.1) is 0 Å². The van der Waals surface area contributed by atoms with Crippen LogP contribution < -0.4 is 0 Å². The Morgan fingerprint density at radius 2 is 1.40 bits per heavy atom. The SMILES string of the molecule is CCC1(CCCCCCCCCCCOP(=O)(O)OP(=O)(O)O)CO1. The average molecular weight is 402 g/mol. The molecule has 0 aliphatic carbocycles. The molecule has 2 atom stereocenters. The van der Waals surface area contributed by atoms with E-state index >= 15 is 0 Å². The molecule has 0 aromatic carbocycles. The lowest BCUT2D eigenvalue weighted by molar-refractivity contribution is 0.175. The molecule has 2 unspecified atom stereocenters. The largest absolute Gasteiger partial charge is 0.481 e. The first-order valence-corrected chi connectivity index (χ1v) is 12.1. The first-order chi connectivity index (χ1) is 11.7. The average Bonchev–Trinajstić information content (AvgIpc) is 3.26. The maximum absolute atomic E-state index is 11.2. The molecule has 0 amide bonds. The van der Waals surface area contributed by atoms with E-state index in [9.17, 15) is 9.13 Å². The van der Waals surface area contributed by atoms with E-state index in [-0.39, 0.29) is 12.2 Å². The second-order valence-corrected chi connectivity index (χ2v) is 9.46. The highest BCUT2D eigenvalue weighted by atomic mass is 31.3. The predicted molar refractivity (Wildman–Crippen MR) is 94.1 cm³/mol. The van der Waals surface area contributed by atoms with Crippen molar-refractivity contribution in [2.24, 2.45) is 0 Å². The van der Waals surface area contributed by atoms with Crippen LogP contribution in [0.25, 0.3) is 0 Å². The predicted octanol–water partition coefficient (Wildman–Crippen LogP) is 4.29. The number of ether oxygens (including phenoxy) is 1. The fourth-order valence-electron chi connectivity index (χ4n) is 2.75. The van der Waals surface area contributed by atoms with Crippen molar-refractivity contribution in [3.05, 3.63) is 0 Å². The molecule has 1 aliphatic heterocycles. The van der Waals surface area contributed by atoms with E-state index in [1.165, 1.54) is 38.5 Å². The Bertz CT molecular complexity index is 460. The van der Waals surface area contributed by atoms with Crippen molar-refractivity contribution in [3.63, 3.8) is 0 Å². The molecule has 1 rings (SSSR count). The Balaban J connectivity index is 1.84. The molecule has 0 saturated carbocycles. The van der Waals surface area contributed by atoms with Gasteiger partial charge in [-0.2, -0.15) is 4.31 Å². The van der Waals surface area contributed by atoms with Gasteiger partial charge in [0.05, 0.1) is 18.8 Å². The first-order valence-electron chi connectivity index (χ1n) is 9.06. The van der Waals surface area contributed by atoms with Gasteiger partial charge in [-0.15, -0.1) is 0 Å². The number of phosphoric ester groups is 1. The lowest BCUT2D eigenvalue weighted by Gasteiger charge is -2.12. The second-order valence-electron chi connectivity index (χ2n) is 6.63. The Kier molecular flexibility index (Phi) is 10.4. The normalized spacial score (nSPS) is 22.7. The quantitative estimate of drug-likeness (QED) is 0.198. The van der Waals surface area contributed by atoms with Crippen LogP contribution in [0.3, 0.4) is 0 Å². The van der Waals surface area contributed by atoms with Crippen molar-refractivity contribution < 1.29 is 37.4 Å². The summed E-state index contributed by atoms with van der Waals surface area (Å²) in [6.45, 7) is 3.06. The zero-order valence-electron chi connectivity index (χ0n) is 15.0. The van der Waals surface area contributed by atoms with Crippen LogP contribution in [0.2, 0.25) is 0 Å². The summed E-state index contributed by atoms with van der Waals surface area (Å²) in [4.78, 5) is 26.0. The van der Waals surface area contributed by atoms with E-state index < -0.39 is 15.6 Å². The molecule has 1 aliphatic rings. The van der Waals surface area contributed by atoms with Gasteiger partial charge in [-0.3, -0.25) is 4.52 Å². The van der Waals surface area contributed by atoms with Crippen molar-refractivity contribution in [1.82, 2.24) is 0 Å². The minimum atomic E-state index is -5.02. The summed E-state index contributed by atoms with van der Waals surface area (Å²) in [5, 5.41) is 0. The van der Waals surface area contributed by atoms with E-state index in [4.69, 9.17) is 19.4 Å². The summed E-state index contributed by atoms with van der Waals surface area (Å²) in [5.41, 5.74) is 0.219. The lowest BCUT2D eigenvalue weighted by atomic mass is 9.98. The van der Waals surface area contributed by atoms with Crippen molar-refractivity contribution >= 4 is 15.6 Å². The van der Waals surface area contributed by atoms with E-state index in [0.717, 1.165) is 32.3 Å². The van der Waals surface area contributed by atoms with Crippen LogP contribution in [-0.4, -0.2) is 33.5 Å². The molecule has 8 nitrogen and oxygen atoms in total. The number of epoxide rings is 1. The Morgan fingerprint density at radius 1 is 0.920 bits per heavy atom. The second kappa shape index (κ2) is 11.2. The van der Waals surface area contributed by atoms with Crippen LogP contribution in [-0.2, 0) is 22.7 Å². The fourth-order valence-corrected chi connectivity index (χ4v) is 4.38. The van der Waals surface area contributed by atoms with Gasteiger partial charge in [0.1, 0.15) is 0 Å². The molecule has 1 fully saturated rings. The summed E-state index contributed by atoms with van der Waals surface area (Å²) in [6.07, 6.45) is 11.9. The summed E-state index contributed by atoms with van der Waals surface area (Å²) < 4.78 is 35.3. The lowest BCUT2D eigenvalue weighted by Crippen LogP contribution is -2.08. The maximum Gasteiger partial charge on any atom is 0.481 e. The van der Waals surface area contributed by atoms with Gasteiger partial charge >= 0.3 is 15.6 Å². The number of hydrogen-bond acceptors (Lipinski definition) is 5. The summed E-state index contributed by atoms with van der Waals surface area (Å²) in [6, 6.07) is 0. The zero-order valence-corrected chi connectivity index (χ0v) is 16.8. The molecule has 1 heterocycles. The molecule has 150 valence electrons. The molecule has 0 bridgehead atoms. The van der Waals surface area contributed by atoms with Gasteiger partial charge in [0, 0.05) is 0 Å². The zero-order chi connectivity index (χ0) is 18.8. The first kappa shape index (κ1) is 23.3. The van der Waals surface area contributed by atoms with Gasteiger partial charge in [-0.1, -0.05) is 58.3 Å². The van der Waals surface area contributed by atoms with Gasteiger partial charge in [0.15, 0.2) is 0 Å². The third-order valence-corrected chi connectivity index (χ3v) is 6.62. The van der Waals surface area contributed by atoms with Crippen LogP contribution in [0.4, 0.5) is 0 Å². The molecule has 0 aromatic heterocycles. The number of hydrogen-bond donors (Lipinski definition) is 3. The van der Waals surface area contributed by atoms with Gasteiger partial charge in [-0.25, -0.2) is 9.13 Å². The molecule has 25 heavy (non-hydrogen) atoms. The third-order valence-electron chi connectivity index (χ3n) is 4.44. The number of phosphoric acid groups is 2. The fraction of sp³-hybridized carbons (Fsp3) is 1.00. The van der Waals surface area contributed by atoms with Crippen molar-refractivity contribution in [3.8, 4) is 0 Å². The highest BCUT2D eigenvalue weighted by Gasteiger charge is 2.41. The minimum absolute atomic E-state index is 0.0605. The highest BCUT2D eigenvalue weighted by molar-refractivity contribution is 7.60. The molecule has 0 spiro atoms. The smallest absolute Gasteiger partial charge is 0.370 e. The molecule has 10 heteroatoms. The summed E-state index contributed by atoms with van der Waals surface area (Å²) in [7, 11) is -9.70. The van der Waals surface area contributed by atoms with Crippen LogP contribution >= 0.6 is 15.6 Å². The summed E-state index contributed by atoms with van der Waals surface area (Å²) >= 11 is 0. The van der Waals surface area contributed by atoms with Crippen LogP contribution in [0.5, 0.6) is 0 Å². The van der Waals surface area contributed by atoms with Gasteiger partial charge < -0.3 is 19.4 Å². The van der Waals surface area contributed by atoms with Crippen LogP contribution in [0.15, 0.2) is 0 Å². The molecular weight excluding hydrogens is 370 g/mol. The van der Waals surface area contributed by atoms with E-state index in [2.05, 4.69) is 15.8 Å². The Morgan fingerprint density at radius 3 is 1.84 bits per heavy atom. The Hall–Kier alpha value is 0.220. The molecular formula is C15H32O8P2. The molecule has 0 aromatic rings. The molecule has 3 N–H and O–H groups in total. The van der Waals surface area contributed by atoms with Gasteiger partial charge in [0.2, 0.25) is 0 Å². The van der Waals surface area contributed by atoms with Crippen LogP contribution in [0.1, 0.15) is 77.6 Å². The van der Waals surface area contributed by atoms with Crippen molar-refractivity contribution in [2.45, 2.75) is 83.2 Å². The van der Waals surface area contributed by atoms with E-state index in [0.29, 0.717) is 6.42 Å². The minimum Gasteiger partial charge on any atom is -0.370 e. The van der Waals surface area contributed by atoms with Crippen molar-refractivity contribution in [2.75, 3.05) is 13.2 Å². The molecule has 0 radical (unpaired) electrons. The molecule has 1 saturated heterocycles. The van der Waals surface area contributed by atoms with Crippen molar-refractivity contribution in [1.29, 1.82) is 0 Å². The number of unbranched alkanes of at least 4 members (excludes halogenated alkanes) is 8.